The van der Waals surface area contributed by atoms with Gasteiger partial charge in [-0.05, 0) is 30.4 Å². The van der Waals surface area contributed by atoms with E-state index in [0.717, 1.165) is 25.7 Å². The van der Waals surface area contributed by atoms with Crippen LogP contribution in [0.4, 0.5) is 0 Å². The summed E-state index contributed by atoms with van der Waals surface area (Å²) in [5.74, 6) is 0.0427. The van der Waals surface area contributed by atoms with E-state index < -0.39 is 0 Å². The molecule has 0 amide bonds. The van der Waals surface area contributed by atoms with E-state index in [9.17, 15) is 9.59 Å². The summed E-state index contributed by atoms with van der Waals surface area (Å²) in [4.78, 5) is 24.1. The second-order valence-electron chi connectivity index (χ2n) is 8.33. The second-order valence-corrected chi connectivity index (χ2v) is 8.33. The monoisotopic (exact) mass is 376 g/mol. The SMILES string of the molecule is CCCCCCCCCC(=O)Oc1ccccc1OC(=O)CCC(C)(C)C. The molecule has 0 saturated heterocycles. The third kappa shape index (κ3) is 11.5. The predicted octanol–water partition coefficient (Wildman–Crippen LogP) is 6.46. The summed E-state index contributed by atoms with van der Waals surface area (Å²) in [5, 5.41) is 0. The third-order valence-corrected chi connectivity index (χ3v) is 4.36. The van der Waals surface area contributed by atoms with Gasteiger partial charge < -0.3 is 9.47 Å². The number of esters is 2. The lowest BCUT2D eigenvalue weighted by atomic mass is 9.91. The smallest absolute Gasteiger partial charge is 0.311 e. The molecular weight excluding hydrogens is 340 g/mol. The van der Waals surface area contributed by atoms with Gasteiger partial charge >= 0.3 is 11.9 Å². The van der Waals surface area contributed by atoms with Crippen LogP contribution in [0.15, 0.2) is 24.3 Å². The molecule has 0 fully saturated rings. The maximum Gasteiger partial charge on any atom is 0.311 e. The van der Waals surface area contributed by atoms with Crippen LogP contribution in [0.5, 0.6) is 11.5 Å². The molecule has 0 aliphatic rings. The zero-order valence-corrected chi connectivity index (χ0v) is 17.5. The van der Waals surface area contributed by atoms with Gasteiger partial charge in [0, 0.05) is 12.8 Å². The standard InChI is InChI=1S/C23H36O4/c1-5-6-7-8-9-10-11-16-21(24)26-19-14-12-13-15-20(19)27-22(25)17-18-23(2,3)4/h12-15H,5-11,16-18H2,1-4H3. The van der Waals surface area contributed by atoms with E-state index in [1.54, 1.807) is 24.3 Å². The Kier molecular flexibility index (Phi) is 10.8. The summed E-state index contributed by atoms with van der Waals surface area (Å²) in [6, 6.07) is 6.85. The van der Waals surface area contributed by atoms with Crippen molar-refractivity contribution >= 4 is 11.9 Å². The third-order valence-electron chi connectivity index (χ3n) is 4.36. The topological polar surface area (TPSA) is 52.6 Å². The second kappa shape index (κ2) is 12.5. The fraction of sp³-hybridized carbons (Fsp3) is 0.652. The molecule has 0 saturated carbocycles. The lowest BCUT2D eigenvalue weighted by Gasteiger charge is -2.17. The van der Waals surface area contributed by atoms with E-state index in [0.29, 0.717) is 24.3 Å². The van der Waals surface area contributed by atoms with Crippen molar-refractivity contribution in [3.63, 3.8) is 0 Å². The molecule has 0 heterocycles. The van der Waals surface area contributed by atoms with Gasteiger partial charge in [0.25, 0.3) is 0 Å². The van der Waals surface area contributed by atoms with Crippen LogP contribution in [-0.4, -0.2) is 11.9 Å². The molecule has 1 aromatic rings. The lowest BCUT2D eigenvalue weighted by molar-refractivity contribution is -0.137. The van der Waals surface area contributed by atoms with Crippen molar-refractivity contribution in [2.75, 3.05) is 0 Å². The zero-order valence-electron chi connectivity index (χ0n) is 17.5. The fourth-order valence-electron chi connectivity index (χ4n) is 2.67. The Morgan fingerprint density at radius 1 is 0.778 bits per heavy atom. The number of ether oxygens (including phenoxy) is 2. The van der Waals surface area contributed by atoms with Gasteiger partial charge in [-0.3, -0.25) is 9.59 Å². The number of rotatable bonds is 12. The quantitative estimate of drug-likeness (QED) is 0.238. The van der Waals surface area contributed by atoms with Crippen molar-refractivity contribution in [3.05, 3.63) is 24.3 Å². The van der Waals surface area contributed by atoms with Crippen molar-refractivity contribution in [1.82, 2.24) is 0 Å². The molecule has 4 nitrogen and oxygen atoms in total. The van der Waals surface area contributed by atoms with Crippen LogP contribution >= 0.6 is 0 Å². The fourth-order valence-corrected chi connectivity index (χ4v) is 2.67. The molecule has 0 N–H and O–H groups in total. The minimum atomic E-state index is -0.305. The van der Waals surface area contributed by atoms with Crippen LogP contribution in [0.3, 0.4) is 0 Å². The molecule has 1 aromatic carbocycles. The Hall–Kier alpha value is -1.84. The van der Waals surface area contributed by atoms with Crippen molar-refractivity contribution < 1.29 is 19.1 Å². The number of para-hydroxylation sites is 2. The summed E-state index contributed by atoms with van der Waals surface area (Å²) < 4.78 is 10.8. The number of hydrogen-bond acceptors (Lipinski definition) is 4. The molecule has 4 heteroatoms. The Bertz CT molecular complexity index is 572. The highest BCUT2D eigenvalue weighted by Crippen LogP contribution is 2.28. The van der Waals surface area contributed by atoms with E-state index in [4.69, 9.17) is 9.47 Å². The Labute approximate surface area is 164 Å². The molecule has 0 aliphatic heterocycles. The molecule has 0 aromatic heterocycles. The number of hydrogen-bond donors (Lipinski definition) is 0. The first-order valence-corrected chi connectivity index (χ1v) is 10.3. The summed E-state index contributed by atoms with van der Waals surface area (Å²) in [6.07, 6.45) is 9.54. The zero-order chi connectivity index (χ0) is 20.1. The number of unbranched alkanes of at least 4 members (excludes halogenated alkanes) is 6. The van der Waals surface area contributed by atoms with Gasteiger partial charge in [0.05, 0.1) is 0 Å². The summed E-state index contributed by atoms with van der Waals surface area (Å²) in [7, 11) is 0. The average molecular weight is 377 g/mol. The van der Waals surface area contributed by atoms with Crippen LogP contribution in [0.25, 0.3) is 0 Å². The van der Waals surface area contributed by atoms with Crippen LogP contribution in [0.2, 0.25) is 0 Å². The highest BCUT2D eigenvalue weighted by atomic mass is 16.6. The highest BCUT2D eigenvalue weighted by molar-refractivity contribution is 5.76. The van der Waals surface area contributed by atoms with Crippen molar-refractivity contribution in [2.45, 2.75) is 91.9 Å². The van der Waals surface area contributed by atoms with Crippen LogP contribution < -0.4 is 9.47 Å². The molecule has 0 spiro atoms. The largest absolute Gasteiger partial charge is 0.423 e. The van der Waals surface area contributed by atoms with Crippen molar-refractivity contribution in [1.29, 1.82) is 0 Å². The number of carbonyl (C=O) groups is 2. The van der Waals surface area contributed by atoms with Gasteiger partial charge in [-0.1, -0.05) is 78.4 Å². The summed E-state index contributed by atoms with van der Waals surface area (Å²) >= 11 is 0. The first-order chi connectivity index (χ1) is 12.8. The molecule has 0 bridgehead atoms. The normalized spacial score (nSPS) is 11.3. The molecule has 1 rings (SSSR count). The van der Waals surface area contributed by atoms with E-state index in [2.05, 4.69) is 27.7 Å². The van der Waals surface area contributed by atoms with Crippen LogP contribution in [-0.2, 0) is 9.59 Å². The molecule has 0 radical (unpaired) electrons. The Balaban J connectivity index is 2.40. The number of carbonyl (C=O) groups excluding carboxylic acids is 2. The molecule has 152 valence electrons. The van der Waals surface area contributed by atoms with E-state index in [-0.39, 0.29) is 17.4 Å². The maximum atomic E-state index is 12.1. The predicted molar refractivity (Wildman–Crippen MR) is 109 cm³/mol. The maximum absolute atomic E-state index is 12.1. The Morgan fingerprint density at radius 2 is 1.26 bits per heavy atom. The average Bonchev–Trinajstić information content (AvgIpc) is 2.60. The lowest BCUT2D eigenvalue weighted by Crippen LogP contribution is -2.14. The Morgan fingerprint density at radius 3 is 1.78 bits per heavy atom. The molecule has 0 unspecified atom stereocenters. The van der Waals surface area contributed by atoms with Gasteiger partial charge in [-0.2, -0.15) is 0 Å². The first kappa shape index (κ1) is 23.2. The summed E-state index contributed by atoms with van der Waals surface area (Å²) in [5.41, 5.74) is 0.0710. The number of benzene rings is 1. The first-order valence-electron chi connectivity index (χ1n) is 10.3. The van der Waals surface area contributed by atoms with E-state index in [1.807, 2.05) is 0 Å². The summed E-state index contributed by atoms with van der Waals surface area (Å²) in [6.45, 7) is 8.45. The van der Waals surface area contributed by atoms with Gasteiger partial charge in [0.1, 0.15) is 0 Å². The van der Waals surface area contributed by atoms with Gasteiger partial charge in [-0.25, -0.2) is 0 Å². The van der Waals surface area contributed by atoms with Gasteiger partial charge in [-0.15, -0.1) is 0 Å². The van der Waals surface area contributed by atoms with Crippen LogP contribution in [0.1, 0.15) is 91.9 Å². The van der Waals surface area contributed by atoms with Crippen LogP contribution in [0, 0.1) is 5.41 Å². The minimum Gasteiger partial charge on any atom is -0.423 e. The van der Waals surface area contributed by atoms with Gasteiger partial charge in [0.15, 0.2) is 11.5 Å². The van der Waals surface area contributed by atoms with Crippen molar-refractivity contribution in [3.8, 4) is 11.5 Å². The van der Waals surface area contributed by atoms with Crippen molar-refractivity contribution in [2.24, 2.45) is 5.41 Å². The van der Waals surface area contributed by atoms with Gasteiger partial charge in [0.2, 0.25) is 0 Å². The molecule has 27 heavy (non-hydrogen) atoms. The van der Waals surface area contributed by atoms with E-state index >= 15 is 0 Å². The minimum absolute atomic E-state index is 0.0710. The molecular formula is C23H36O4. The molecule has 0 aliphatic carbocycles. The highest BCUT2D eigenvalue weighted by Gasteiger charge is 2.16. The van der Waals surface area contributed by atoms with E-state index in [1.165, 1.54) is 25.7 Å². The molecule has 0 atom stereocenters.